The number of anilines is 1. The van der Waals surface area contributed by atoms with Crippen LogP contribution in [-0.2, 0) is 4.79 Å². The first-order chi connectivity index (χ1) is 7.68. The van der Waals surface area contributed by atoms with Crippen LogP contribution in [0.5, 0.6) is 0 Å². The molecule has 2 N–H and O–H groups in total. The molecular weight excluding hydrogens is 202 g/mol. The molecule has 0 saturated heterocycles. The van der Waals surface area contributed by atoms with Crippen LogP contribution in [0, 0.1) is 5.92 Å². The first-order valence-corrected chi connectivity index (χ1v) is 4.97. The van der Waals surface area contributed by atoms with E-state index in [1.807, 2.05) is 0 Å². The number of hydrogen-bond donors (Lipinski definition) is 1. The number of carbonyl (C=O) groups is 2. The van der Waals surface area contributed by atoms with Gasteiger partial charge in [0.15, 0.2) is 11.6 Å². The highest BCUT2D eigenvalue weighted by atomic mass is 16.1. The van der Waals surface area contributed by atoms with E-state index in [1.54, 1.807) is 42.5 Å². The zero-order valence-corrected chi connectivity index (χ0v) is 8.59. The van der Waals surface area contributed by atoms with Crippen molar-refractivity contribution in [2.24, 2.45) is 5.92 Å². The Labute approximate surface area is 93.3 Å². The second-order valence-corrected chi connectivity index (χ2v) is 3.61. The molecule has 3 nitrogen and oxygen atoms in total. The van der Waals surface area contributed by atoms with Gasteiger partial charge in [-0.1, -0.05) is 18.2 Å². The van der Waals surface area contributed by atoms with Crippen molar-refractivity contribution in [3.05, 3.63) is 54.1 Å². The Hall–Kier alpha value is -2.16. The summed E-state index contributed by atoms with van der Waals surface area (Å²) in [7, 11) is 0. The smallest absolute Gasteiger partial charge is 0.177 e. The average Bonchev–Trinajstić information content (AvgIpc) is 2.30. The van der Waals surface area contributed by atoms with Crippen LogP contribution in [0.15, 0.2) is 48.6 Å². The Kier molecular flexibility index (Phi) is 2.68. The van der Waals surface area contributed by atoms with Crippen LogP contribution < -0.4 is 5.73 Å². The van der Waals surface area contributed by atoms with Gasteiger partial charge < -0.3 is 5.73 Å². The number of carbonyl (C=O) groups excluding carboxylic acids is 2. The summed E-state index contributed by atoms with van der Waals surface area (Å²) in [6, 6.07) is 6.58. The summed E-state index contributed by atoms with van der Waals surface area (Å²) in [6.07, 6.45) is 6.37. The van der Waals surface area contributed by atoms with E-state index in [4.69, 9.17) is 5.73 Å². The van der Waals surface area contributed by atoms with Gasteiger partial charge in [0.05, 0.1) is 0 Å². The summed E-state index contributed by atoms with van der Waals surface area (Å²) < 4.78 is 0. The summed E-state index contributed by atoms with van der Waals surface area (Å²) in [5.41, 5.74) is 6.64. The highest BCUT2D eigenvalue weighted by Crippen LogP contribution is 2.16. The predicted octanol–water partition coefficient (Wildman–Crippen LogP) is 1.76. The Bertz CT molecular complexity index is 483. The quantitative estimate of drug-likeness (QED) is 0.462. The standard InChI is InChI=1S/C13H11NO2/c14-10-7-5-9(6-8-10)13(16)11-3-1-2-4-12(11)15/h1-8,11H,14H2. The van der Waals surface area contributed by atoms with Crippen LogP contribution in [0.25, 0.3) is 0 Å². The highest BCUT2D eigenvalue weighted by molar-refractivity contribution is 6.16. The van der Waals surface area contributed by atoms with Crippen LogP contribution in [0.1, 0.15) is 10.4 Å². The maximum Gasteiger partial charge on any atom is 0.177 e. The van der Waals surface area contributed by atoms with Gasteiger partial charge in [0, 0.05) is 11.3 Å². The zero-order valence-electron chi connectivity index (χ0n) is 8.59. The molecular formula is C13H11NO2. The molecule has 0 amide bonds. The Morgan fingerprint density at radius 2 is 1.81 bits per heavy atom. The van der Waals surface area contributed by atoms with Crippen LogP contribution in [0.4, 0.5) is 5.69 Å². The Balaban J connectivity index is 2.25. The fraction of sp³-hybridized carbons (Fsp3) is 0.0769. The van der Waals surface area contributed by atoms with Gasteiger partial charge in [0.25, 0.3) is 0 Å². The third kappa shape index (κ3) is 1.93. The Morgan fingerprint density at radius 3 is 2.44 bits per heavy atom. The zero-order chi connectivity index (χ0) is 11.5. The summed E-state index contributed by atoms with van der Waals surface area (Å²) in [4.78, 5) is 23.5. The molecule has 0 aliphatic heterocycles. The minimum absolute atomic E-state index is 0.177. The molecule has 0 radical (unpaired) electrons. The van der Waals surface area contributed by atoms with Gasteiger partial charge in [-0.05, 0) is 30.3 Å². The fourth-order valence-corrected chi connectivity index (χ4v) is 1.57. The lowest BCUT2D eigenvalue weighted by molar-refractivity contribution is -0.115. The van der Waals surface area contributed by atoms with Crippen molar-refractivity contribution in [3.8, 4) is 0 Å². The van der Waals surface area contributed by atoms with Crippen LogP contribution in [0.2, 0.25) is 0 Å². The van der Waals surface area contributed by atoms with Crippen molar-refractivity contribution in [1.82, 2.24) is 0 Å². The average molecular weight is 213 g/mol. The van der Waals surface area contributed by atoms with Gasteiger partial charge in [0.2, 0.25) is 0 Å². The molecule has 0 spiro atoms. The molecule has 2 rings (SSSR count). The monoisotopic (exact) mass is 213 g/mol. The van der Waals surface area contributed by atoms with Crippen molar-refractivity contribution in [2.45, 2.75) is 0 Å². The lowest BCUT2D eigenvalue weighted by atomic mass is 9.91. The molecule has 80 valence electrons. The summed E-state index contributed by atoms with van der Waals surface area (Å²) >= 11 is 0. The predicted molar refractivity (Wildman–Crippen MR) is 62.0 cm³/mol. The molecule has 0 bridgehead atoms. The van der Waals surface area contributed by atoms with Crippen LogP contribution in [-0.4, -0.2) is 11.6 Å². The number of benzene rings is 1. The van der Waals surface area contributed by atoms with Crippen molar-refractivity contribution >= 4 is 17.3 Å². The molecule has 1 atom stereocenters. The summed E-state index contributed by atoms with van der Waals surface area (Å²) in [6.45, 7) is 0. The van der Waals surface area contributed by atoms with Crippen LogP contribution in [0.3, 0.4) is 0 Å². The fourth-order valence-electron chi connectivity index (χ4n) is 1.57. The maximum absolute atomic E-state index is 12.0. The van der Waals surface area contributed by atoms with E-state index in [2.05, 4.69) is 0 Å². The number of allylic oxidation sites excluding steroid dienone is 4. The molecule has 0 fully saturated rings. The molecule has 1 aliphatic rings. The van der Waals surface area contributed by atoms with E-state index in [9.17, 15) is 9.59 Å². The van der Waals surface area contributed by atoms with Gasteiger partial charge in [0.1, 0.15) is 5.92 Å². The lowest BCUT2D eigenvalue weighted by Crippen LogP contribution is -2.22. The minimum Gasteiger partial charge on any atom is -0.399 e. The van der Waals surface area contributed by atoms with Crippen molar-refractivity contribution in [2.75, 3.05) is 5.73 Å². The van der Waals surface area contributed by atoms with Crippen molar-refractivity contribution < 1.29 is 9.59 Å². The van der Waals surface area contributed by atoms with E-state index in [-0.39, 0.29) is 11.6 Å². The maximum atomic E-state index is 12.0. The van der Waals surface area contributed by atoms with E-state index in [0.29, 0.717) is 11.3 Å². The number of Topliss-reactive ketones (excluding diaryl/α,β-unsaturated/α-hetero) is 1. The third-order valence-corrected chi connectivity index (χ3v) is 2.46. The number of nitrogen functional groups attached to an aromatic ring is 1. The number of nitrogens with two attached hydrogens (primary N) is 1. The highest BCUT2D eigenvalue weighted by Gasteiger charge is 2.24. The normalized spacial score (nSPS) is 18.8. The number of rotatable bonds is 2. The molecule has 0 heterocycles. The van der Waals surface area contributed by atoms with Crippen molar-refractivity contribution in [1.29, 1.82) is 0 Å². The van der Waals surface area contributed by atoms with Gasteiger partial charge in [-0.2, -0.15) is 0 Å². The topological polar surface area (TPSA) is 60.2 Å². The van der Waals surface area contributed by atoms with Crippen molar-refractivity contribution in [3.63, 3.8) is 0 Å². The summed E-state index contributed by atoms with van der Waals surface area (Å²) in [5, 5.41) is 0. The lowest BCUT2D eigenvalue weighted by Gasteiger charge is -2.10. The van der Waals surface area contributed by atoms with Gasteiger partial charge >= 0.3 is 0 Å². The van der Waals surface area contributed by atoms with E-state index < -0.39 is 5.92 Å². The number of hydrogen-bond acceptors (Lipinski definition) is 3. The molecule has 3 heteroatoms. The second-order valence-electron chi connectivity index (χ2n) is 3.61. The molecule has 0 aromatic heterocycles. The van der Waals surface area contributed by atoms with Gasteiger partial charge in [-0.3, -0.25) is 9.59 Å². The first kappa shape index (κ1) is 10.4. The van der Waals surface area contributed by atoms with E-state index in [1.165, 1.54) is 6.08 Å². The minimum atomic E-state index is -0.686. The third-order valence-electron chi connectivity index (χ3n) is 2.46. The van der Waals surface area contributed by atoms with Gasteiger partial charge in [-0.15, -0.1) is 0 Å². The Morgan fingerprint density at radius 1 is 1.12 bits per heavy atom. The van der Waals surface area contributed by atoms with E-state index in [0.717, 1.165) is 0 Å². The van der Waals surface area contributed by atoms with Gasteiger partial charge in [-0.25, -0.2) is 0 Å². The molecule has 16 heavy (non-hydrogen) atoms. The molecule has 1 unspecified atom stereocenters. The first-order valence-electron chi connectivity index (χ1n) is 4.97. The molecule has 1 aromatic rings. The second kappa shape index (κ2) is 4.14. The molecule has 0 saturated carbocycles. The SMILES string of the molecule is Nc1ccc(C(=O)C2C=CC=CC2=O)cc1. The largest absolute Gasteiger partial charge is 0.399 e. The van der Waals surface area contributed by atoms with E-state index >= 15 is 0 Å². The van der Waals surface area contributed by atoms with Crippen LogP contribution >= 0.6 is 0 Å². The molecule has 1 aromatic carbocycles. The summed E-state index contributed by atoms with van der Waals surface area (Å²) in [5.74, 6) is -1.05. The molecule has 1 aliphatic carbocycles. The number of ketones is 2.